The summed E-state index contributed by atoms with van der Waals surface area (Å²) in [6.07, 6.45) is -0.0317. The maximum atomic E-state index is 11.9. The van der Waals surface area contributed by atoms with Crippen molar-refractivity contribution in [2.45, 2.75) is 25.1 Å². The third kappa shape index (κ3) is 3.32. The van der Waals surface area contributed by atoms with Crippen LogP contribution in [0.4, 0.5) is 0 Å². The second-order valence-corrected chi connectivity index (χ2v) is 5.24. The molecule has 4 N–H and O–H groups in total. The van der Waals surface area contributed by atoms with Crippen molar-refractivity contribution < 1.29 is 9.90 Å². The van der Waals surface area contributed by atoms with Gasteiger partial charge in [-0.2, -0.15) is 0 Å². The van der Waals surface area contributed by atoms with E-state index in [1.54, 1.807) is 4.57 Å². The second-order valence-electron chi connectivity index (χ2n) is 5.24. The number of rotatable bonds is 4. The average Bonchev–Trinajstić information content (AvgIpc) is 3.03. The lowest BCUT2D eigenvalue weighted by atomic mass is 10.2. The Bertz CT molecular complexity index is 711. The van der Waals surface area contributed by atoms with Gasteiger partial charge in [-0.3, -0.25) is 9.36 Å². The molecule has 1 saturated heterocycles. The van der Waals surface area contributed by atoms with Gasteiger partial charge in [0.15, 0.2) is 0 Å². The summed E-state index contributed by atoms with van der Waals surface area (Å²) in [6.45, 7) is 1.22. The zero-order chi connectivity index (χ0) is 14.8. The molecule has 1 aromatic heterocycles. The maximum absolute atomic E-state index is 11.9. The van der Waals surface area contributed by atoms with Crippen LogP contribution in [0.3, 0.4) is 0 Å². The first-order valence-corrected chi connectivity index (χ1v) is 7.02. The molecule has 120 valence electrons. The number of carbonyl (C=O) groups is 1. The fourth-order valence-electron chi connectivity index (χ4n) is 2.66. The van der Waals surface area contributed by atoms with Crippen LogP contribution in [0.1, 0.15) is 6.42 Å². The minimum atomic E-state index is -0.461. The average molecular weight is 327 g/mol. The first-order chi connectivity index (χ1) is 10.1. The number of fused-ring (bicyclic) bond motifs is 1. The first kappa shape index (κ1) is 16.5. The molecule has 3 rings (SSSR count). The van der Waals surface area contributed by atoms with Crippen LogP contribution in [0.2, 0.25) is 0 Å². The van der Waals surface area contributed by atoms with Gasteiger partial charge in [-0.15, -0.1) is 12.4 Å². The van der Waals surface area contributed by atoms with E-state index in [0.29, 0.717) is 26.1 Å². The molecular weight excluding hydrogens is 308 g/mol. The standard InChI is InChI=1S/C14H18N4O3.ClH/c19-9-7-11(16-8-9)13(20)15-5-6-18-12-4-2-1-3-10(12)17-14(18)21;/h1-4,9,11,16,19H,5-8H2,(H,15,20)(H,17,21);1H. The van der Waals surface area contributed by atoms with Gasteiger partial charge in [0.05, 0.1) is 23.2 Å². The summed E-state index contributed by atoms with van der Waals surface area (Å²) in [4.78, 5) is 26.5. The van der Waals surface area contributed by atoms with Crippen molar-refractivity contribution in [1.29, 1.82) is 0 Å². The third-order valence-electron chi connectivity index (χ3n) is 3.74. The Hall–Kier alpha value is -1.83. The molecule has 22 heavy (non-hydrogen) atoms. The van der Waals surface area contributed by atoms with Crippen LogP contribution in [-0.4, -0.2) is 45.8 Å². The number of aliphatic hydroxyl groups is 1. The highest BCUT2D eigenvalue weighted by molar-refractivity contribution is 5.85. The van der Waals surface area contributed by atoms with E-state index < -0.39 is 6.10 Å². The summed E-state index contributed by atoms with van der Waals surface area (Å²) >= 11 is 0. The molecule has 1 fully saturated rings. The van der Waals surface area contributed by atoms with Crippen molar-refractivity contribution in [1.82, 2.24) is 20.2 Å². The SMILES string of the molecule is Cl.O=C(NCCn1c(=O)[nH]c2ccccc21)C1CC(O)CN1. The van der Waals surface area contributed by atoms with Crippen LogP contribution in [-0.2, 0) is 11.3 Å². The normalized spacial score (nSPS) is 20.8. The molecular formula is C14H19ClN4O3. The molecule has 0 saturated carbocycles. The van der Waals surface area contributed by atoms with Gasteiger partial charge in [-0.05, 0) is 18.6 Å². The molecule has 0 spiro atoms. The van der Waals surface area contributed by atoms with Crippen molar-refractivity contribution >= 4 is 29.3 Å². The van der Waals surface area contributed by atoms with E-state index in [0.717, 1.165) is 11.0 Å². The number of carbonyl (C=O) groups excluding carboxylic acids is 1. The smallest absolute Gasteiger partial charge is 0.326 e. The highest BCUT2D eigenvalue weighted by atomic mass is 35.5. The minimum absolute atomic E-state index is 0. The summed E-state index contributed by atoms with van der Waals surface area (Å²) in [5, 5.41) is 15.1. The summed E-state index contributed by atoms with van der Waals surface area (Å²) in [7, 11) is 0. The van der Waals surface area contributed by atoms with Crippen LogP contribution < -0.4 is 16.3 Å². The third-order valence-corrected chi connectivity index (χ3v) is 3.74. The Balaban J connectivity index is 0.00000176. The number of hydrogen-bond acceptors (Lipinski definition) is 4. The first-order valence-electron chi connectivity index (χ1n) is 7.02. The zero-order valence-corrected chi connectivity index (χ0v) is 12.7. The van der Waals surface area contributed by atoms with E-state index >= 15 is 0 Å². The van der Waals surface area contributed by atoms with Gasteiger partial charge in [-0.25, -0.2) is 4.79 Å². The molecule has 1 amide bonds. The summed E-state index contributed by atoms with van der Waals surface area (Å²) < 4.78 is 1.60. The van der Waals surface area contributed by atoms with Crippen LogP contribution in [0.15, 0.2) is 29.1 Å². The fourth-order valence-corrected chi connectivity index (χ4v) is 2.66. The lowest BCUT2D eigenvalue weighted by Crippen LogP contribution is -2.42. The second kappa shape index (κ2) is 6.95. The minimum Gasteiger partial charge on any atom is -0.392 e. The lowest BCUT2D eigenvalue weighted by Gasteiger charge is -2.11. The quantitative estimate of drug-likeness (QED) is 0.614. The number of hydrogen-bond donors (Lipinski definition) is 4. The number of nitrogens with one attached hydrogen (secondary N) is 3. The predicted octanol–water partition coefficient (Wildman–Crippen LogP) is -0.410. The Labute approximate surface area is 133 Å². The number of amides is 1. The van der Waals surface area contributed by atoms with Crippen LogP contribution in [0.25, 0.3) is 11.0 Å². The summed E-state index contributed by atoms with van der Waals surface area (Å²) in [6, 6.07) is 7.09. The number of halogens is 1. The van der Waals surface area contributed by atoms with E-state index in [1.165, 1.54) is 0 Å². The maximum Gasteiger partial charge on any atom is 0.326 e. The Kier molecular flexibility index (Phi) is 5.23. The highest BCUT2D eigenvalue weighted by Gasteiger charge is 2.27. The molecule has 2 atom stereocenters. The van der Waals surface area contributed by atoms with Gasteiger partial charge in [0.2, 0.25) is 5.91 Å². The molecule has 0 bridgehead atoms. The van der Waals surface area contributed by atoms with Crippen molar-refractivity contribution in [2.75, 3.05) is 13.1 Å². The predicted molar refractivity (Wildman–Crippen MR) is 85.2 cm³/mol. The van der Waals surface area contributed by atoms with Crippen molar-refractivity contribution in [3.05, 3.63) is 34.7 Å². The largest absolute Gasteiger partial charge is 0.392 e. The van der Waals surface area contributed by atoms with E-state index in [4.69, 9.17) is 0 Å². The van der Waals surface area contributed by atoms with Gasteiger partial charge in [-0.1, -0.05) is 12.1 Å². The Morgan fingerprint density at radius 1 is 1.41 bits per heavy atom. The molecule has 1 aliphatic rings. The van der Waals surface area contributed by atoms with E-state index in [1.807, 2.05) is 24.3 Å². The van der Waals surface area contributed by atoms with E-state index in [2.05, 4.69) is 15.6 Å². The Morgan fingerprint density at radius 2 is 2.18 bits per heavy atom. The van der Waals surface area contributed by atoms with E-state index in [-0.39, 0.29) is 30.0 Å². The lowest BCUT2D eigenvalue weighted by molar-refractivity contribution is -0.122. The van der Waals surface area contributed by atoms with E-state index in [9.17, 15) is 14.7 Å². The number of benzene rings is 1. The summed E-state index contributed by atoms with van der Waals surface area (Å²) in [5.41, 5.74) is 1.43. The number of H-pyrrole nitrogens is 1. The molecule has 2 unspecified atom stereocenters. The summed E-state index contributed by atoms with van der Waals surface area (Å²) in [5.74, 6) is -0.139. The molecule has 1 aliphatic heterocycles. The van der Waals surface area contributed by atoms with Crippen molar-refractivity contribution in [3.63, 3.8) is 0 Å². The van der Waals surface area contributed by atoms with Gasteiger partial charge >= 0.3 is 5.69 Å². The molecule has 7 nitrogen and oxygen atoms in total. The molecule has 8 heteroatoms. The fraction of sp³-hybridized carbons (Fsp3) is 0.429. The number of aromatic amines is 1. The Morgan fingerprint density at radius 3 is 2.91 bits per heavy atom. The van der Waals surface area contributed by atoms with Crippen molar-refractivity contribution in [2.24, 2.45) is 0 Å². The monoisotopic (exact) mass is 326 g/mol. The number of nitrogens with zero attached hydrogens (tertiary/aromatic N) is 1. The van der Waals surface area contributed by atoms with Gasteiger partial charge < -0.3 is 20.7 Å². The van der Waals surface area contributed by atoms with Gasteiger partial charge in [0.25, 0.3) is 0 Å². The number of β-amino-alcohol motifs (C(OH)–C–C–N with tert-alkyl or cyclic N) is 1. The molecule has 2 heterocycles. The van der Waals surface area contributed by atoms with Gasteiger partial charge in [0, 0.05) is 19.6 Å². The number of aliphatic hydroxyl groups excluding tert-OH is 1. The highest BCUT2D eigenvalue weighted by Crippen LogP contribution is 2.08. The molecule has 1 aromatic carbocycles. The zero-order valence-electron chi connectivity index (χ0n) is 11.9. The van der Waals surface area contributed by atoms with Crippen LogP contribution in [0, 0.1) is 0 Å². The molecule has 0 aliphatic carbocycles. The van der Waals surface area contributed by atoms with Gasteiger partial charge in [0.1, 0.15) is 0 Å². The number of para-hydroxylation sites is 2. The molecule has 2 aromatic rings. The van der Waals surface area contributed by atoms with Crippen LogP contribution >= 0.6 is 12.4 Å². The number of aromatic nitrogens is 2. The number of imidazole rings is 1. The topological polar surface area (TPSA) is 99.2 Å². The van der Waals surface area contributed by atoms with Crippen LogP contribution in [0.5, 0.6) is 0 Å². The molecule has 0 radical (unpaired) electrons. The van der Waals surface area contributed by atoms with Crippen molar-refractivity contribution in [3.8, 4) is 0 Å².